The number of halogens is 2. The molecule has 0 saturated carbocycles. The fourth-order valence-electron chi connectivity index (χ4n) is 1.64. The molecular formula is C12H12F2N2O. The third-order valence-electron chi connectivity index (χ3n) is 2.51. The molecule has 0 unspecified atom stereocenters. The summed E-state index contributed by atoms with van der Waals surface area (Å²) in [4.78, 5) is 4.07. The maximum absolute atomic E-state index is 13.7. The summed E-state index contributed by atoms with van der Waals surface area (Å²) >= 11 is 0. The summed E-state index contributed by atoms with van der Waals surface area (Å²) < 4.78 is 32.3. The molecule has 2 N–H and O–H groups in total. The largest absolute Gasteiger partial charge is 0.441 e. The number of anilines is 1. The number of nitrogens with two attached hydrogens (primary N) is 1. The minimum absolute atomic E-state index is 0.0506. The Hall–Kier alpha value is -1.91. The van der Waals surface area contributed by atoms with Crippen molar-refractivity contribution < 1.29 is 13.2 Å². The van der Waals surface area contributed by atoms with E-state index in [4.69, 9.17) is 10.2 Å². The molecule has 0 fully saturated rings. The molecule has 2 rings (SSSR count). The van der Waals surface area contributed by atoms with E-state index in [1.165, 1.54) is 0 Å². The van der Waals surface area contributed by atoms with Crippen molar-refractivity contribution >= 4 is 5.69 Å². The second-order valence-electron chi connectivity index (χ2n) is 3.74. The van der Waals surface area contributed by atoms with Crippen molar-refractivity contribution in [2.24, 2.45) is 0 Å². The summed E-state index contributed by atoms with van der Waals surface area (Å²) in [6.45, 7) is 3.65. The van der Waals surface area contributed by atoms with Crippen molar-refractivity contribution in [1.29, 1.82) is 0 Å². The van der Waals surface area contributed by atoms with Crippen LogP contribution in [0.3, 0.4) is 0 Å². The quantitative estimate of drug-likeness (QED) is 0.818. The monoisotopic (exact) mass is 238 g/mol. The second kappa shape index (κ2) is 4.16. The summed E-state index contributed by atoms with van der Waals surface area (Å²) in [6, 6.07) is 1.95. The number of hydrogen-bond acceptors (Lipinski definition) is 3. The van der Waals surface area contributed by atoms with Gasteiger partial charge in [0.15, 0.2) is 5.82 Å². The third-order valence-corrected chi connectivity index (χ3v) is 2.51. The van der Waals surface area contributed by atoms with Crippen molar-refractivity contribution in [3.8, 4) is 11.5 Å². The van der Waals surface area contributed by atoms with E-state index >= 15 is 0 Å². The van der Waals surface area contributed by atoms with Crippen LogP contribution >= 0.6 is 0 Å². The average Bonchev–Trinajstić information content (AvgIpc) is 2.64. The lowest BCUT2D eigenvalue weighted by atomic mass is 10.2. The zero-order chi connectivity index (χ0) is 12.6. The Morgan fingerprint density at radius 2 is 2.06 bits per heavy atom. The molecule has 0 aliphatic rings. The molecule has 0 aliphatic carbocycles. The number of rotatable bonds is 2. The van der Waals surface area contributed by atoms with Crippen molar-refractivity contribution in [2.75, 3.05) is 5.73 Å². The second-order valence-corrected chi connectivity index (χ2v) is 3.74. The summed E-state index contributed by atoms with van der Waals surface area (Å²) in [5.41, 5.74) is 5.72. The SMILES string of the molecule is CCc1oc(-c2cc(F)cc(N)c2F)nc1C. The Morgan fingerprint density at radius 3 is 2.65 bits per heavy atom. The van der Waals surface area contributed by atoms with Crippen LogP contribution < -0.4 is 5.73 Å². The highest BCUT2D eigenvalue weighted by atomic mass is 19.1. The van der Waals surface area contributed by atoms with Crippen LogP contribution in [0.25, 0.3) is 11.5 Å². The number of oxazole rings is 1. The fourth-order valence-corrected chi connectivity index (χ4v) is 1.64. The first kappa shape index (κ1) is 11.6. The minimum Gasteiger partial charge on any atom is -0.441 e. The molecule has 3 nitrogen and oxygen atoms in total. The van der Waals surface area contributed by atoms with E-state index in [1.807, 2.05) is 6.92 Å². The molecule has 1 heterocycles. The van der Waals surface area contributed by atoms with E-state index in [0.717, 1.165) is 12.1 Å². The van der Waals surface area contributed by atoms with Crippen LogP contribution in [-0.2, 0) is 6.42 Å². The van der Waals surface area contributed by atoms with Gasteiger partial charge in [-0.2, -0.15) is 0 Å². The zero-order valence-corrected chi connectivity index (χ0v) is 9.55. The number of benzene rings is 1. The Balaban J connectivity index is 2.59. The van der Waals surface area contributed by atoms with E-state index in [9.17, 15) is 8.78 Å². The van der Waals surface area contributed by atoms with Gasteiger partial charge in [-0.05, 0) is 19.1 Å². The van der Waals surface area contributed by atoms with Crippen LogP contribution in [0, 0.1) is 18.6 Å². The van der Waals surface area contributed by atoms with Crippen LogP contribution in [0.15, 0.2) is 16.5 Å². The smallest absolute Gasteiger partial charge is 0.229 e. The molecule has 0 aliphatic heterocycles. The number of nitrogen functional groups attached to an aromatic ring is 1. The highest BCUT2D eigenvalue weighted by Crippen LogP contribution is 2.28. The molecule has 0 amide bonds. The Bertz CT molecular complexity index is 564. The van der Waals surface area contributed by atoms with Crippen LogP contribution in [0.5, 0.6) is 0 Å². The Kier molecular flexibility index (Phi) is 2.83. The zero-order valence-electron chi connectivity index (χ0n) is 9.55. The predicted octanol–water partition coefficient (Wildman–Crippen LogP) is 3.07. The Morgan fingerprint density at radius 1 is 1.35 bits per heavy atom. The third kappa shape index (κ3) is 2.00. The number of aryl methyl sites for hydroxylation is 2. The maximum atomic E-state index is 13.7. The molecule has 17 heavy (non-hydrogen) atoms. The fraction of sp³-hybridized carbons (Fsp3) is 0.250. The molecular weight excluding hydrogens is 226 g/mol. The molecule has 0 bridgehead atoms. The normalized spacial score (nSPS) is 10.8. The molecule has 90 valence electrons. The number of nitrogens with zero attached hydrogens (tertiary/aromatic N) is 1. The first-order chi connectivity index (χ1) is 8.02. The summed E-state index contributed by atoms with van der Waals surface area (Å²) in [6.07, 6.45) is 0.644. The van der Waals surface area contributed by atoms with Gasteiger partial charge in [0.05, 0.1) is 16.9 Å². The lowest BCUT2D eigenvalue weighted by molar-refractivity contribution is 0.515. The topological polar surface area (TPSA) is 52.0 Å². The van der Waals surface area contributed by atoms with Gasteiger partial charge in [-0.25, -0.2) is 13.8 Å². The first-order valence-electron chi connectivity index (χ1n) is 5.24. The molecule has 0 spiro atoms. The van der Waals surface area contributed by atoms with Gasteiger partial charge in [-0.3, -0.25) is 0 Å². The van der Waals surface area contributed by atoms with Crippen molar-refractivity contribution in [3.05, 3.63) is 35.2 Å². The van der Waals surface area contributed by atoms with Gasteiger partial charge in [0.25, 0.3) is 0 Å². The van der Waals surface area contributed by atoms with Crippen LogP contribution in [-0.4, -0.2) is 4.98 Å². The highest BCUT2D eigenvalue weighted by molar-refractivity contribution is 5.62. The van der Waals surface area contributed by atoms with Gasteiger partial charge in [-0.1, -0.05) is 6.92 Å². The molecule has 0 radical (unpaired) electrons. The van der Waals surface area contributed by atoms with Gasteiger partial charge in [0.1, 0.15) is 11.6 Å². The lowest BCUT2D eigenvalue weighted by Crippen LogP contribution is -1.95. The summed E-state index contributed by atoms with van der Waals surface area (Å²) in [7, 11) is 0. The maximum Gasteiger partial charge on any atom is 0.229 e. The molecule has 1 aromatic carbocycles. The van der Waals surface area contributed by atoms with Crippen LogP contribution in [0.2, 0.25) is 0 Å². The summed E-state index contributed by atoms with van der Waals surface area (Å²) in [5.74, 6) is -0.617. The van der Waals surface area contributed by atoms with E-state index in [0.29, 0.717) is 17.9 Å². The first-order valence-corrected chi connectivity index (χ1v) is 5.24. The lowest BCUT2D eigenvalue weighted by Gasteiger charge is -2.02. The van der Waals surface area contributed by atoms with Crippen molar-refractivity contribution in [2.45, 2.75) is 20.3 Å². The van der Waals surface area contributed by atoms with E-state index < -0.39 is 11.6 Å². The summed E-state index contributed by atoms with van der Waals surface area (Å²) in [5, 5.41) is 0. The highest BCUT2D eigenvalue weighted by Gasteiger charge is 2.17. The molecule has 5 heteroatoms. The molecule has 0 saturated heterocycles. The van der Waals surface area contributed by atoms with Gasteiger partial charge in [-0.15, -0.1) is 0 Å². The van der Waals surface area contributed by atoms with Crippen LogP contribution in [0.1, 0.15) is 18.4 Å². The molecule has 1 aromatic heterocycles. The van der Waals surface area contributed by atoms with Crippen molar-refractivity contribution in [1.82, 2.24) is 4.98 Å². The predicted molar refractivity (Wildman–Crippen MR) is 60.4 cm³/mol. The minimum atomic E-state index is -0.713. The van der Waals surface area contributed by atoms with E-state index in [-0.39, 0.29) is 17.1 Å². The van der Waals surface area contributed by atoms with Crippen LogP contribution in [0.4, 0.5) is 14.5 Å². The molecule has 0 atom stereocenters. The van der Waals surface area contributed by atoms with Crippen molar-refractivity contribution in [3.63, 3.8) is 0 Å². The number of aromatic nitrogens is 1. The average molecular weight is 238 g/mol. The van der Waals surface area contributed by atoms with Gasteiger partial charge in [0.2, 0.25) is 5.89 Å². The van der Waals surface area contributed by atoms with Gasteiger partial charge >= 0.3 is 0 Å². The Labute approximate surface area is 97.3 Å². The van der Waals surface area contributed by atoms with Gasteiger partial charge in [0, 0.05) is 6.42 Å². The van der Waals surface area contributed by atoms with E-state index in [2.05, 4.69) is 4.98 Å². The van der Waals surface area contributed by atoms with Gasteiger partial charge < -0.3 is 10.2 Å². The number of hydrogen-bond donors (Lipinski definition) is 1. The standard InChI is InChI=1S/C12H12F2N2O/c1-3-10-6(2)16-12(17-10)8-4-7(13)5-9(15)11(8)14/h4-5H,3,15H2,1-2H3. The van der Waals surface area contributed by atoms with E-state index in [1.54, 1.807) is 6.92 Å². The molecule has 2 aromatic rings.